The quantitative estimate of drug-likeness (QED) is 0.669. The average Bonchev–Trinajstić information content (AvgIpc) is 2.15. The third-order valence-corrected chi connectivity index (χ3v) is 2.66. The van der Waals surface area contributed by atoms with Crippen molar-refractivity contribution in [1.29, 1.82) is 0 Å². The van der Waals surface area contributed by atoms with Crippen LogP contribution in [0.2, 0.25) is 0 Å². The molecule has 0 aliphatic heterocycles. The number of aryl methyl sites for hydroxylation is 1. The molecule has 0 spiro atoms. The van der Waals surface area contributed by atoms with Gasteiger partial charge in [-0.15, -0.1) is 0 Å². The lowest BCUT2D eigenvalue weighted by molar-refractivity contribution is 0.686. The summed E-state index contributed by atoms with van der Waals surface area (Å²) in [6.45, 7) is 3.84. The molecule has 1 aromatic rings. The smallest absolute Gasteiger partial charge is 0.0175 e. The lowest BCUT2D eigenvalue weighted by Crippen LogP contribution is -1.84. The summed E-state index contributed by atoms with van der Waals surface area (Å²) >= 11 is 3.43. The molecule has 0 saturated heterocycles. The van der Waals surface area contributed by atoms with Crippen molar-refractivity contribution in [2.24, 2.45) is 0 Å². The first-order chi connectivity index (χ1) is 6.33. The van der Waals surface area contributed by atoms with E-state index in [-0.39, 0.29) is 0 Å². The lowest BCUT2D eigenvalue weighted by atomic mass is 10.1. The Morgan fingerprint density at radius 1 is 1.00 bits per heavy atom. The van der Waals surface area contributed by atoms with Crippen molar-refractivity contribution in [3.63, 3.8) is 0 Å². The lowest BCUT2D eigenvalue weighted by Gasteiger charge is -2.00. The minimum Gasteiger partial charge on any atom is -0.0579 e. The summed E-state index contributed by atoms with van der Waals surface area (Å²) in [5, 5.41) is 0. The fraction of sp³-hybridized carbons (Fsp3) is 0.417. The van der Waals surface area contributed by atoms with E-state index in [1.54, 1.807) is 0 Å². The number of hydrogen-bond acceptors (Lipinski definition) is 0. The third-order valence-electron chi connectivity index (χ3n) is 2.13. The number of rotatable bonds is 5. The first kappa shape index (κ1) is 10.8. The minimum atomic E-state index is 1.07. The standard InChI is InChI=1S/C12H16Br/c1-2-3-4-5-6-11-7-9-12(13)10-8-11/h7-10H,1-6H2. The first-order valence-corrected chi connectivity index (χ1v) is 5.66. The van der Waals surface area contributed by atoms with Gasteiger partial charge in [0, 0.05) is 4.47 Å². The molecule has 1 heteroatoms. The van der Waals surface area contributed by atoms with Gasteiger partial charge in [0.1, 0.15) is 0 Å². The summed E-state index contributed by atoms with van der Waals surface area (Å²) in [7, 11) is 0. The molecule has 0 saturated carbocycles. The Kier molecular flexibility index (Phi) is 5.14. The highest BCUT2D eigenvalue weighted by Crippen LogP contribution is 2.13. The number of unbranched alkanes of at least 4 members (excludes halogenated alkanes) is 3. The summed E-state index contributed by atoms with van der Waals surface area (Å²) < 4.78 is 1.16. The zero-order valence-electron chi connectivity index (χ0n) is 7.93. The van der Waals surface area contributed by atoms with Crippen molar-refractivity contribution in [3.05, 3.63) is 41.2 Å². The summed E-state index contributed by atoms with van der Waals surface area (Å²) in [5.41, 5.74) is 1.44. The Labute approximate surface area is 89.5 Å². The fourth-order valence-corrected chi connectivity index (χ4v) is 1.60. The van der Waals surface area contributed by atoms with Gasteiger partial charge in [-0.3, -0.25) is 0 Å². The maximum atomic E-state index is 3.84. The van der Waals surface area contributed by atoms with Crippen LogP contribution in [0.5, 0.6) is 0 Å². The van der Waals surface area contributed by atoms with Crippen LogP contribution < -0.4 is 0 Å². The summed E-state index contributed by atoms with van der Waals surface area (Å²) in [6.07, 6.45) is 6.13. The van der Waals surface area contributed by atoms with Crippen LogP contribution in [0.3, 0.4) is 0 Å². The molecule has 13 heavy (non-hydrogen) atoms. The second-order valence-electron chi connectivity index (χ2n) is 3.29. The van der Waals surface area contributed by atoms with E-state index in [0.29, 0.717) is 0 Å². The second kappa shape index (κ2) is 6.20. The molecule has 0 amide bonds. The molecule has 0 bridgehead atoms. The van der Waals surface area contributed by atoms with E-state index < -0.39 is 0 Å². The van der Waals surface area contributed by atoms with Crippen molar-refractivity contribution in [3.8, 4) is 0 Å². The van der Waals surface area contributed by atoms with Gasteiger partial charge in [0.05, 0.1) is 0 Å². The van der Waals surface area contributed by atoms with Crippen LogP contribution in [0, 0.1) is 6.92 Å². The van der Waals surface area contributed by atoms with Crippen LogP contribution in [0.1, 0.15) is 31.2 Å². The molecule has 1 aromatic carbocycles. The monoisotopic (exact) mass is 239 g/mol. The van der Waals surface area contributed by atoms with E-state index in [1.807, 2.05) is 0 Å². The van der Waals surface area contributed by atoms with Crippen LogP contribution in [-0.2, 0) is 6.42 Å². The minimum absolute atomic E-state index is 1.07. The van der Waals surface area contributed by atoms with Gasteiger partial charge >= 0.3 is 0 Å². The molecule has 0 heterocycles. The Bertz CT molecular complexity index is 225. The van der Waals surface area contributed by atoms with Gasteiger partial charge in [0.15, 0.2) is 0 Å². The van der Waals surface area contributed by atoms with E-state index in [0.717, 1.165) is 10.9 Å². The highest BCUT2D eigenvalue weighted by atomic mass is 79.9. The zero-order valence-corrected chi connectivity index (χ0v) is 9.52. The van der Waals surface area contributed by atoms with E-state index in [9.17, 15) is 0 Å². The normalized spacial score (nSPS) is 10.3. The Hall–Kier alpha value is -0.300. The molecule has 0 aliphatic carbocycles. The van der Waals surface area contributed by atoms with Crippen LogP contribution in [0.15, 0.2) is 28.7 Å². The van der Waals surface area contributed by atoms with E-state index in [4.69, 9.17) is 0 Å². The second-order valence-corrected chi connectivity index (χ2v) is 4.21. The predicted molar refractivity (Wildman–Crippen MR) is 61.7 cm³/mol. The number of hydrogen-bond donors (Lipinski definition) is 0. The highest BCUT2D eigenvalue weighted by Gasteiger charge is 1.92. The van der Waals surface area contributed by atoms with Crippen molar-refractivity contribution in [2.75, 3.05) is 0 Å². The molecular weight excluding hydrogens is 224 g/mol. The van der Waals surface area contributed by atoms with Gasteiger partial charge in [-0.05, 0) is 30.5 Å². The van der Waals surface area contributed by atoms with Crippen LogP contribution in [0.25, 0.3) is 0 Å². The molecule has 1 radical (unpaired) electrons. The molecule has 1 rings (SSSR count). The molecule has 0 unspecified atom stereocenters. The SMILES string of the molecule is [CH2]CCCCCc1ccc(Br)cc1. The molecule has 0 atom stereocenters. The van der Waals surface area contributed by atoms with Gasteiger partial charge in [0.25, 0.3) is 0 Å². The maximum absolute atomic E-state index is 3.84. The largest absolute Gasteiger partial charge is 0.0579 e. The Balaban J connectivity index is 2.25. The van der Waals surface area contributed by atoms with Gasteiger partial charge in [-0.1, -0.05) is 54.2 Å². The Morgan fingerprint density at radius 3 is 2.31 bits per heavy atom. The fourth-order valence-electron chi connectivity index (χ4n) is 1.33. The van der Waals surface area contributed by atoms with Gasteiger partial charge in [-0.2, -0.15) is 0 Å². The molecule has 0 aliphatic rings. The average molecular weight is 240 g/mol. The van der Waals surface area contributed by atoms with Crippen LogP contribution in [0.4, 0.5) is 0 Å². The summed E-state index contributed by atoms with van der Waals surface area (Å²) in [5.74, 6) is 0. The Morgan fingerprint density at radius 2 is 1.69 bits per heavy atom. The molecule has 0 nitrogen and oxygen atoms in total. The van der Waals surface area contributed by atoms with Crippen molar-refractivity contribution < 1.29 is 0 Å². The van der Waals surface area contributed by atoms with Crippen molar-refractivity contribution in [2.45, 2.75) is 32.1 Å². The van der Waals surface area contributed by atoms with Crippen LogP contribution in [-0.4, -0.2) is 0 Å². The molecular formula is C12H16Br. The van der Waals surface area contributed by atoms with Crippen molar-refractivity contribution >= 4 is 15.9 Å². The van der Waals surface area contributed by atoms with E-state index in [2.05, 4.69) is 47.1 Å². The molecule has 71 valence electrons. The maximum Gasteiger partial charge on any atom is 0.0175 e. The first-order valence-electron chi connectivity index (χ1n) is 4.86. The molecule has 0 fully saturated rings. The topological polar surface area (TPSA) is 0 Å². The van der Waals surface area contributed by atoms with Gasteiger partial charge in [0.2, 0.25) is 0 Å². The summed E-state index contributed by atoms with van der Waals surface area (Å²) in [4.78, 5) is 0. The third kappa shape index (κ3) is 4.47. The summed E-state index contributed by atoms with van der Waals surface area (Å²) in [6, 6.07) is 8.59. The van der Waals surface area contributed by atoms with Crippen LogP contribution >= 0.6 is 15.9 Å². The van der Waals surface area contributed by atoms with Crippen molar-refractivity contribution in [1.82, 2.24) is 0 Å². The predicted octanol–water partition coefficient (Wildman–Crippen LogP) is 4.39. The van der Waals surface area contributed by atoms with Gasteiger partial charge in [-0.25, -0.2) is 0 Å². The zero-order chi connectivity index (χ0) is 9.52. The van der Waals surface area contributed by atoms with Gasteiger partial charge < -0.3 is 0 Å². The number of benzene rings is 1. The molecule has 0 N–H and O–H groups in total. The number of halogens is 1. The van der Waals surface area contributed by atoms with E-state index in [1.165, 1.54) is 31.2 Å². The molecule has 0 aromatic heterocycles. The van der Waals surface area contributed by atoms with E-state index >= 15 is 0 Å². The highest BCUT2D eigenvalue weighted by molar-refractivity contribution is 9.10.